The third kappa shape index (κ3) is 3.25. The van der Waals surface area contributed by atoms with Crippen molar-refractivity contribution in [3.8, 4) is 11.3 Å². The van der Waals surface area contributed by atoms with Gasteiger partial charge in [0, 0.05) is 23.0 Å². The quantitative estimate of drug-likeness (QED) is 0.496. The van der Waals surface area contributed by atoms with Gasteiger partial charge in [-0.25, -0.2) is 4.98 Å². The van der Waals surface area contributed by atoms with E-state index in [-0.39, 0.29) is 5.91 Å². The van der Waals surface area contributed by atoms with E-state index in [2.05, 4.69) is 20.3 Å². The number of carbonyl (C=O) groups is 1. The minimum atomic E-state index is -0.182. The molecule has 0 unspecified atom stereocenters. The van der Waals surface area contributed by atoms with Gasteiger partial charge in [0.25, 0.3) is 5.91 Å². The van der Waals surface area contributed by atoms with Crippen LogP contribution in [0, 0.1) is 0 Å². The molecule has 2 heterocycles. The number of benzene rings is 2. The lowest BCUT2D eigenvalue weighted by Gasteiger charge is -2.06. The fourth-order valence-corrected chi connectivity index (χ4v) is 2.78. The summed E-state index contributed by atoms with van der Waals surface area (Å²) in [5.41, 5.74) is 10.4. The van der Waals surface area contributed by atoms with E-state index < -0.39 is 0 Å². The van der Waals surface area contributed by atoms with E-state index in [9.17, 15) is 4.79 Å². The molecule has 0 saturated heterocycles. The summed E-state index contributed by atoms with van der Waals surface area (Å²) in [6.45, 7) is 0.323. The smallest absolute Gasteiger partial charge is 0.251 e. The SMILES string of the molecule is Nc1cccc(-c2cc(C(=O)NCc3nc4ccccc4[nH]3)ccn2)c1. The van der Waals surface area contributed by atoms with Gasteiger partial charge in [0.15, 0.2) is 0 Å². The maximum atomic E-state index is 12.5. The number of aromatic amines is 1. The highest BCUT2D eigenvalue weighted by atomic mass is 16.1. The number of aromatic nitrogens is 3. The average molecular weight is 343 g/mol. The van der Waals surface area contributed by atoms with Crippen LogP contribution < -0.4 is 11.1 Å². The second kappa shape index (κ2) is 6.68. The van der Waals surface area contributed by atoms with Gasteiger partial charge in [-0.1, -0.05) is 24.3 Å². The number of nitrogens with zero attached hydrogens (tertiary/aromatic N) is 2. The van der Waals surface area contributed by atoms with E-state index >= 15 is 0 Å². The second-order valence-corrected chi connectivity index (χ2v) is 5.94. The molecule has 2 aromatic heterocycles. The topological polar surface area (TPSA) is 96.7 Å². The van der Waals surface area contributed by atoms with Crippen LogP contribution in [0.15, 0.2) is 66.9 Å². The number of fused-ring (bicyclic) bond motifs is 1. The Kier molecular flexibility index (Phi) is 4.07. The van der Waals surface area contributed by atoms with Crippen molar-refractivity contribution in [3.05, 3.63) is 78.2 Å². The van der Waals surface area contributed by atoms with E-state index in [1.807, 2.05) is 48.5 Å². The number of amides is 1. The largest absolute Gasteiger partial charge is 0.399 e. The summed E-state index contributed by atoms with van der Waals surface area (Å²) in [5, 5.41) is 2.88. The lowest BCUT2D eigenvalue weighted by molar-refractivity contribution is 0.0950. The molecule has 2 aromatic carbocycles. The summed E-state index contributed by atoms with van der Waals surface area (Å²) in [6, 6.07) is 18.6. The first-order valence-corrected chi connectivity index (χ1v) is 8.23. The molecule has 0 aliphatic carbocycles. The standard InChI is InChI=1S/C20H17N5O/c21-15-5-3-4-13(10-15)18-11-14(8-9-22-18)20(26)23-12-19-24-16-6-1-2-7-17(16)25-19/h1-11H,12,21H2,(H,23,26)(H,24,25). The van der Waals surface area contributed by atoms with Crippen molar-refractivity contribution >= 4 is 22.6 Å². The molecule has 1 amide bonds. The van der Waals surface area contributed by atoms with Crippen LogP contribution in [0.1, 0.15) is 16.2 Å². The fourth-order valence-electron chi connectivity index (χ4n) is 2.78. The zero-order valence-electron chi connectivity index (χ0n) is 13.9. The molecule has 0 atom stereocenters. The van der Waals surface area contributed by atoms with Crippen molar-refractivity contribution in [1.82, 2.24) is 20.3 Å². The van der Waals surface area contributed by atoms with Crippen LogP contribution in [0.25, 0.3) is 22.3 Å². The zero-order chi connectivity index (χ0) is 17.9. The van der Waals surface area contributed by atoms with Gasteiger partial charge in [0.1, 0.15) is 5.82 Å². The number of nitrogens with two attached hydrogens (primary N) is 1. The molecular weight excluding hydrogens is 326 g/mol. The third-order valence-corrected chi connectivity index (χ3v) is 4.06. The monoisotopic (exact) mass is 343 g/mol. The highest BCUT2D eigenvalue weighted by Crippen LogP contribution is 2.20. The van der Waals surface area contributed by atoms with Gasteiger partial charge < -0.3 is 16.0 Å². The minimum absolute atomic E-state index is 0.182. The number of para-hydroxylation sites is 2. The Bertz CT molecular complexity index is 1050. The Morgan fingerprint density at radius 1 is 1.08 bits per heavy atom. The molecule has 6 heteroatoms. The van der Waals surface area contributed by atoms with Crippen LogP contribution in [-0.2, 0) is 6.54 Å². The van der Waals surface area contributed by atoms with Gasteiger partial charge in [-0.05, 0) is 36.4 Å². The molecular formula is C20H17N5O. The zero-order valence-corrected chi connectivity index (χ0v) is 13.9. The van der Waals surface area contributed by atoms with E-state index in [4.69, 9.17) is 5.73 Å². The summed E-state index contributed by atoms with van der Waals surface area (Å²) >= 11 is 0. The Hall–Kier alpha value is -3.67. The van der Waals surface area contributed by atoms with Crippen molar-refractivity contribution in [3.63, 3.8) is 0 Å². The van der Waals surface area contributed by atoms with E-state index in [0.29, 0.717) is 29.3 Å². The lowest BCUT2D eigenvalue weighted by atomic mass is 10.1. The predicted molar refractivity (Wildman–Crippen MR) is 101 cm³/mol. The molecule has 0 fully saturated rings. The molecule has 0 bridgehead atoms. The van der Waals surface area contributed by atoms with Crippen LogP contribution in [0.3, 0.4) is 0 Å². The van der Waals surface area contributed by atoms with Crippen LogP contribution in [0.4, 0.5) is 5.69 Å². The molecule has 4 rings (SSSR count). The van der Waals surface area contributed by atoms with Crippen molar-refractivity contribution in [2.24, 2.45) is 0 Å². The van der Waals surface area contributed by atoms with Gasteiger partial charge in [0.2, 0.25) is 0 Å². The van der Waals surface area contributed by atoms with Crippen molar-refractivity contribution in [2.75, 3.05) is 5.73 Å². The van der Waals surface area contributed by atoms with Gasteiger partial charge in [-0.3, -0.25) is 9.78 Å². The molecule has 0 saturated carbocycles. The highest BCUT2D eigenvalue weighted by Gasteiger charge is 2.09. The number of hydrogen-bond acceptors (Lipinski definition) is 4. The molecule has 0 aliphatic rings. The molecule has 4 N–H and O–H groups in total. The number of nitrogen functional groups attached to an aromatic ring is 1. The van der Waals surface area contributed by atoms with Crippen LogP contribution in [0.2, 0.25) is 0 Å². The van der Waals surface area contributed by atoms with Crippen molar-refractivity contribution in [2.45, 2.75) is 6.54 Å². The maximum absolute atomic E-state index is 12.5. The van der Waals surface area contributed by atoms with Gasteiger partial charge in [-0.2, -0.15) is 0 Å². The van der Waals surface area contributed by atoms with Crippen LogP contribution in [-0.4, -0.2) is 20.9 Å². The first kappa shape index (κ1) is 15.8. The van der Waals surface area contributed by atoms with Crippen molar-refractivity contribution in [1.29, 1.82) is 0 Å². The van der Waals surface area contributed by atoms with Gasteiger partial charge in [-0.15, -0.1) is 0 Å². The van der Waals surface area contributed by atoms with Crippen LogP contribution >= 0.6 is 0 Å². The Labute approximate surface area is 150 Å². The van der Waals surface area contributed by atoms with Crippen molar-refractivity contribution < 1.29 is 4.79 Å². The van der Waals surface area contributed by atoms with E-state index in [0.717, 1.165) is 16.6 Å². The molecule has 0 spiro atoms. The Morgan fingerprint density at radius 2 is 1.96 bits per heavy atom. The Morgan fingerprint density at radius 3 is 2.81 bits per heavy atom. The number of imidazole rings is 1. The minimum Gasteiger partial charge on any atom is -0.399 e. The normalized spacial score (nSPS) is 10.8. The Balaban J connectivity index is 1.50. The highest BCUT2D eigenvalue weighted by molar-refractivity contribution is 5.95. The fraction of sp³-hybridized carbons (Fsp3) is 0.0500. The summed E-state index contributed by atoms with van der Waals surface area (Å²) in [5.74, 6) is 0.530. The van der Waals surface area contributed by atoms with Gasteiger partial charge >= 0.3 is 0 Å². The summed E-state index contributed by atoms with van der Waals surface area (Å²) < 4.78 is 0. The second-order valence-electron chi connectivity index (χ2n) is 5.94. The number of anilines is 1. The maximum Gasteiger partial charge on any atom is 0.251 e. The van der Waals surface area contributed by atoms with Gasteiger partial charge in [0.05, 0.1) is 23.3 Å². The number of carbonyl (C=O) groups excluding carboxylic acids is 1. The third-order valence-electron chi connectivity index (χ3n) is 4.06. The van der Waals surface area contributed by atoms with E-state index in [1.54, 1.807) is 18.3 Å². The predicted octanol–water partition coefficient (Wildman–Crippen LogP) is 3.14. The number of rotatable bonds is 4. The molecule has 128 valence electrons. The lowest BCUT2D eigenvalue weighted by Crippen LogP contribution is -2.23. The summed E-state index contributed by atoms with van der Waals surface area (Å²) in [7, 11) is 0. The summed E-state index contributed by atoms with van der Waals surface area (Å²) in [6.07, 6.45) is 1.62. The molecule has 0 aliphatic heterocycles. The number of H-pyrrole nitrogens is 1. The number of hydrogen-bond donors (Lipinski definition) is 3. The first-order chi connectivity index (χ1) is 12.7. The van der Waals surface area contributed by atoms with E-state index in [1.165, 1.54) is 0 Å². The molecule has 26 heavy (non-hydrogen) atoms. The number of pyridine rings is 1. The first-order valence-electron chi connectivity index (χ1n) is 8.23. The molecule has 6 nitrogen and oxygen atoms in total. The number of nitrogens with one attached hydrogen (secondary N) is 2. The molecule has 4 aromatic rings. The summed E-state index contributed by atoms with van der Waals surface area (Å²) in [4.78, 5) is 24.5. The van der Waals surface area contributed by atoms with Crippen LogP contribution in [0.5, 0.6) is 0 Å². The average Bonchev–Trinajstić information content (AvgIpc) is 3.09. The molecule has 0 radical (unpaired) electrons.